The third-order valence-corrected chi connectivity index (χ3v) is 1.73. The maximum Gasteiger partial charge on any atom is 0.367 e. The molecule has 0 heterocycles. The van der Waals surface area contributed by atoms with E-state index < -0.39 is 11.8 Å². The summed E-state index contributed by atoms with van der Waals surface area (Å²) in [6.45, 7) is 5.53. The highest BCUT2D eigenvalue weighted by atomic mass is 19.1. The third-order valence-electron chi connectivity index (χ3n) is 1.73. The van der Waals surface area contributed by atoms with Crippen LogP contribution in [0.5, 0.6) is 0 Å². The highest BCUT2D eigenvalue weighted by molar-refractivity contribution is 5.86. The lowest BCUT2D eigenvalue weighted by Crippen LogP contribution is -2.06. The van der Waals surface area contributed by atoms with Crippen LogP contribution in [-0.2, 0) is 9.53 Å². The zero-order valence-electron chi connectivity index (χ0n) is 8.52. The van der Waals surface area contributed by atoms with Crippen LogP contribution in [0.2, 0.25) is 0 Å². The molecule has 0 aromatic heterocycles. The van der Waals surface area contributed by atoms with Crippen LogP contribution in [0.3, 0.4) is 0 Å². The summed E-state index contributed by atoms with van der Waals surface area (Å²) >= 11 is 0. The van der Waals surface area contributed by atoms with Gasteiger partial charge in [-0.1, -0.05) is 13.3 Å². The first-order valence-electron chi connectivity index (χ1n) is 4.65. The average molecular weight is 188 g/mol. The Morgan fingerprint density at radius 2 is 2.00 bits per heavy atom. The Morgan fingerprint density at radius 3 is 2.46 bits per heavy atom. The van der Waals surface area contributed by atoms with Crippen LogP contribution < -0.4 is 0 Å². The van der Waals surface area contributed by atoms with Crippen molar-refractivity contribution in [2.75, 3.05) is 6.61 Å². The van der Waals surface area contributed by atoms with Crippen molar-refractivity contribution in [3.63, 3.8) is 0 Å². The van der Waals surface area contributed by atoms with E-state index in [2.05, 4.69) is 4.74 Å². The molecule has 0 rings (SSSR count). The van der Waals surface area contributed by atoms with Crippen LogP contribution >= 0.6 is 0 Å². The fraction of sp³-hybridized carbons (Fsp3) is 0.700. The topological polar surface area (TPSA) is 26.3 Å². The number of halogens is 1. The number of esters is 1. The van der Waals surface area contributed by atoms with Gasteiger partial charge < -0.3 is 4.74 Å². The Kier molecular flexibility index (Phi) is 6.20. The van der Waals surface area contributed by atoms with Crippen molar-refractivity contribution >= 4 is 5.97 Å². The number of carbonyl (C=O) groups excluding carboxylic acids is 1. The Hall–Kier alpha value is -0.860. The molecule has 0 saturated carbocycles. The van der Waals surface area contributed by atoms with Crippen molar-refractivity contribution in [1.82, 2.24) is 0 Å². The molecule has 13 heavy (non-hydrogen) atoms. The van der Waals surface area contributed by atoms with Gasteiger partial charge in [-0.05, 0) is 32.3 Å². The molecule has 0 aliphatic rings. The number of carbonyl (C=O) groups is 1. The molecule has 0 saturated heterocycles. The summed E-state index contributed by atoms with van der Waals surface area (Å²) in [6.07, 6.45) is 2.52. The first-order chi connectivity index (χ1) is 6.13. The van der Waals surface area contributed by atoms with Gasteiger partial charge in [-0.15, -0.1) is 0 Å². The second-order valence-corrected chi connectivity index (χ2v) is 2.92. The van der Waals surface area contributed by atoms with Crippen LogP contribution in [0, 0.1) is 0 Å². The van der Waals surface area contributed by atoms with Gasteiger partial charge in [0.25, 0.3) is 0 Å². The summed E-state index contributed by atoms with van der Waals surface area (Å²) in [7, 11) is 0. The monoisotopic (exact) mass is 188 g/mol. The predicted octanol–water partition coefficient (Wildman–Crippen LogP) is 2.98. The van der Waals surface area contributed by atoms with Crippen molar-refractivity contribution in [3.8, 4) is 0 Å². The molecule has 0 bridgehead atoms. The quantitative estimate of drug-likeness (QED) is 0.489. The molecule has 0 amide bonds. The Morgan fingerprint density at radius 1 is 1.38 bits per heavy atom. The molecule has 0 radical (unpaired) electrons. The van der Waals surface area contributed by atoms with Crippen LogP contribution in [0.1, 0.15) is 40.0 Å². The van der Waals surface area contributed by atoms with E-state index in [0.717, 1.165) is 12.8 Å². The summed E-state index contributed by atoms with van der Waals surface area (Å²) in [6, 6.07) is 0. The lowest BCUT2D eigenvalue weighted by Gasteiger charge is -2.03. The fourth-order valence-corrected chi connectivity index (χ4v) is 0.920. The van der Waals surface area contributed by atoms with E-state index >= 15 is 0 Å². The molecule has 0 unspecified atom stereocenters. The van der Waals surface area contributed by atoms with E-state index in [4.69, 9.17) is 0 Å². The molecule has 76 valence electrons. The van der Waals surface area contributed by atoms with E-state index in [1.165, 1.54) is 0 Å². The number of unbranched alkanes of at least 4 members (excludes halogenated alkanes) is 1. The predicted molar refractivity (Wildman–Crippen MR) is 50.0 cm³/mol. The van der Waals surface area contributed by atoms with Crippen molar-refractivity contribution in [2.24, 2.45) is 0 Å². The van der Waals surface area contributed by atoms with Gasteiger partial charge in [-0.2, -0.15) is 4.39 Å². The third kappa shape index (κ3) is 4.65. The number of rotatable bonds is 5. The fourth-order valence-electron chi connectivity index (χ4n) is 0.920. The van der Waals surface area contributed by atoms with Crippen LogP contribution in [0.15, 0.2) is 11.4 Å². The maximum absolute atomic E-state index is 13.1. The molecule has 0 aliphatic heterocycles. The standard InChI is InChI=1S/C10H17FO2/c1-4-6-7-8(3)9(11)10(12)13-5-2/h4-7H2,1-3H3. The molecule has 0 atom stereocenters. The molecular weight excluding hydrogens is 171 g/mol. The second kappa shape index (κ2) is 6.63. The molecule has 0 aromatic rings. The van der Waals surface area contributed by atoms with Gasteiger partial charge in [0.2, 0.25) is 5.83 Å². The summed E-state index contributed by atoms with van der Waals surface area (Å²) < 4.78 is 17.6. The lowest BCUT2D eigenvalue weighted by molar-refractivity contribution is -0.140. The number of hydrogen-bond acceptors (Lipinski definition) is 2. The summed E-state index contributed by atoms with van der Waals surface area (Å²) in [5.74, 6) is -1.56. The molecule has 2 nitrogen and oxygen atoms in total. The highest BCUT2D eigenvalue weighted by Gasteiger charge is 2.12. The minimum atomic E-state index is -0.837. The highest BCUT2D eigenvalue weighted by Crippen LogP contribution is 2.14. The van der Waals surface area contributed by atoms with Gasteiger partial charge >= 0.3 is 5.97 Å². The summed E-state index contributed by atoms with van der Waals surface area (Å²) in [4.78, 5) is 10.9. The van der Waals surface area contributed by atoms with Gasteiger partial charge in [0.05, 0.1) is 6.61 Å². The van der Waals surface area contributed by atoms with Crippen molar-refractivity contribution in [1.29, 1.82) is 0 Å². The molecule has 0 spiro atoms. The molecule has 0 aliphatic carbocycles. The SMILES string of the molecule is CCCCC(C)=C(F)C(=O)OCC. The first kappa shape index (κ1) is 12.1. The molecular formula is C10H17FO2. The van der Waals surface area contributed by atoms with Crippen molar-refractivity contribution in [2.45, 2.75) is 40.0 Å². The Bertz CT molecular complexity index is 197. The zero-order valence-corrected chi connectivity index (χ0v) is 8.52. The first-order valence-corrected chi connectivity index (χ1v) is 4.65. The van der Waals surface area contributed by atoms with E-state index in [0.29, 0.717) is 12.0 Å². The molecule has 0 aromatic carbocycles. The number of allylic oxidation sites excluding steroid dienone is 1. The van der Waals surface area contributed by atoms with Gasteiger partial charge in [-0.25, -0.2) is 4.79 Å². The van der Waals surface area contributed by atoms with Gasteiger partial charge in [0, 0.05) is 0 Å². The zero-order chi connectivity index (χ0) is 10.3. The van der Waals surface area contributed by atoms with Crippen LogP contribution in [-0.4, -0.2) is 12.6 Å². The van der Waals surface area contributed by atoms with Crippen molar-refractivity contribution in [3.05, 3.63) is 11.4 Å². The van der Waals surface area contributed by atoms with E-state index in [9.17, 15) is 9.18 Å². The van der Waals surface area contributed by atoms with Crippen molar-refractivity contribution < 1.29 is 13.9 Å². The minimum absolute atomic E-state index is 0.216. The molecule has 0 fully saturated rings. The van der Waals surface area contributed by atoms with E-state index in [1.807, 2.05) is 6.92 Å². The maximum atomic E-state index is 13.1. The minimum Gasteiger partial charge on any atom is -0.461 e. The number of ether oxygens (including phenoxy) is 1. The van der Waals surface area contributed by atoms with Gasteiger partial charge in [0.15, 0.2) is 0 Å². The van der Waals surface area contributed by atoms with Crippen LogP contribution in [0.4, 0.5) is 4.39 Å². The largest absolute Gasteiger partial charge is 0.461 e. The second-order valence-electron chi connectivity index (χ2n) is 2.92. The van der Waals surface area contributed by atoms with E-state index in [-0.39, 0.29) is 6.61 Å². The average Bonchev–Trinajstić information content (AvgIpc) is 2.13. The summed E-state index contributed by atoms with van der Waals surface area (Å²) in [5.41, 5.74) is 0.486. The van der Waals surface area contributed by atoms with E-state index in [1.54, 1.807) is 13.8 Å². The van der Waals surface area contributed by atoms with Crippen LogP contribution in [0.25, 0.3) is 0 Å². The molecule has 0 N–H and O–H groups in total. The lowest BCUT2D eigenvalue weighted by atomic mass is 10.1. The smallest absolute Gasteiger partial charge is 0.367 e. The van der Waals surface area contributed by atoms with Gasteiger partial charge in [0.1, 0.15) is 0 Å². The van der Waals surface area contributed by atoms with Gasteiger partial charge in [-0.3, -0.25) is 0 Å². The molecule has 3 heteroatoms. The Labute approximate surface area is 78.8 Å². The normalized spacial score (nSPS) is 12.3. The Balaban J connectivity index is 4.15. The summed E-state index contributed by atoms with van der Waals surface area (Å²) in [5, 5.41) is 0. The number of hydrogen-bond donors (Lipinski definition) is 0.